The summed E-state index contributed by atoms with van der Waals surface area (Å²) in [6.07, 6.45) is 2.13. The number of hydrogen-bond acceptors (Lipinski definition) is 4. The van der Waals surface area contributed by atoms with Crippen molar-refractivity contribution in [2.24, 2.45) is 0 Å². The Balaban J connectivity index is 1.43. The molecule has 4 rings (SSSR count). The molecule has 1 aromatic carbocycles. The molecular formula is C18H20FN3OS. The van der Waals surface area contributed by atoms with E-state index in [4.69, 9.17) is 0 Å². The highest BCUT2D eigenvalue weighted by molar-refractivity contribution is 7.09. The number of aromatic nitrogens is 1. The highest BCUT2D eigenvalue weighted by Gasteiger charge is 2.50. The van der Waals surface area contributed by atoms with E-state index in [1.54, 1.807) is 23.5 Å². The van der Waals surface area contributed by atoms with Crippen LogP contribution in [-0.2, 0) is 6.54 Å². The maximum Gasteiger partial charge on any atom is 0.253 e. The Bertz CT molecular complexity index is 760. The lowest BCUT2D eigenvalue weighted by Crippen LogP contribution is -2.60. The third-order valence-electron chi connectivity index (χ3n) is 5.25. The molecule has 2 aliphatic heterocycles. The lowest BCUT2D eigenvalue weighted by atomic mass is 9.83. The number of hydrogen-bond donors (Lipinski definition) is 0. The van der Waals surface area contributed by atoms with E-state index in [-0.39, 0.29) is 17.3 Å². The van der Waals surface area contributed by atoms with Crippen LogP contribution in [0.2, 0.25) is 0 Å². The predicted molar refractivity (Wildman–Crippen MR) is 91.5 cm³/mol. The summed E-state index contributed by atoms with van der Waals surface area (Å²) in [6.45, 7) is 5.48. The Morgan fingerprint density at radius 2 is 2.04 bits per heavy atom. The second-order valence-corrected chi connectivity index (χ2v) is 7.80. The number of carbonyl (C=O) groups is 1. The Morgan fingerprint density at radius 3 is 2.67 bits per heavy atom. The highest BCUT2D eigenvalue weighted by atomic mass is 32.1. The van der Waals surface area contributed by atoms with E-state index in [2.05, 4.69) is 15.3 Å². The third kappa shape index (κ3) is 2.74. The van der Waals surface area contributed by atoms with Gasteiger partial charge in [-0.1, -0.05) is 0 Å². The number of benzene rings is 1. The van der Waals surface area contributed by atoms with Crippen molar-refractivity contribution < 1.29 is 9.18 Å². The van der Waals surface area contributed by atoms with Crippen LogP contribution in [0.15, 0.2) is 29.6 Å². The van der Waals surface area contributed by atoms with Crippen LogP contribution in [0.4, 0.5) is 4.39 Å². The highest BCUT2D eigenvalue weighted by Crippen LogP contribution is 2.40. The summed E-state index contributed by atoms with van der Waals surface area (Å²) < 4.78 is 13.0. The van der Waals surface area contributed by atoms with Gasteiger partial charge in [0.25, 0.3) is 5.91 Å². The van der Waals surface area contributed by atoms with Crippen LogP contribution < -0.4 is 0 Å². The second kappa shape index (κ2) is 5.93. The molecular weight excluding hydrogens is 325 g/mol. The van der Waals surface area contributed by atoms with Gasteiger partial charge in [-0.3, -0.25) is 9.69 Å². The molecule has 126 valence electrons. The first-order chi connectivity index (χ1) is 11.6. The largest absolute Gasteiger partial charge is 0.337 e. The quantitative estimate of drug-likeness (QED) is 0.858. The molecule has 6 heteroatoms. The number of halogens is 1. The molecule has 1 atom stereocenters. The van der Waals surface area contributed by atoms with Crippen molar-refractivity contribution in [1.82, 2.24) is 14.8 Å². The van der Waals surface area contributed by atoms with Gasteiger partial charge < -0.3 is 4.90 Å². The summed E-state index contributed by atoms with van der Waals surface area (Å²) in [5.74, 6) is -0.309. The molecule has 0 radical (unpaired) electrons. The van der Waals surface area contributed by atoms with E-state index < -0.39 is 0 Å². The smallest absolute Gasteiger partial charge is 0.253 e. The summed E-state index contributed by atoms with van der Waals surface area (Å²) >= 11 is 1.68. The summed E-state index contributed by atoms with van der Waals surface area (Å²) in [5, 5.41) is 3.22. The molecule has 1 aromatic heterocycles. The molecule has 24 heavy (non-hydrogen) atoms. The standard InChI is InChI=1S/C18H20FN3OS/c1-13-20-16(11-24-13)10-22-9-7-18(22)6-8-21(12-18)17(23)14-2-4-15(19)5-3-14/h2-5,11H,6-10,12H2,1H3. The van der Waals surface area contributed by atoms with E-state index in [0.29, 0.717) is 5.56 Å². The van der Waals surface area contributed by atoms with Gasteiger partial charge in [-0.15, -0.1) is 11.3 Å². The first-order valence-corrected chi connectivity index (χ1v) is 9.15. The first-order valence-electron chi connectivity index (χ1n) is 8.27. The zero-order valence-electron chi connectivity index (χ0n) is 13.7. The van der Waals surface area contributed by atoms with Crippen molar-refractivity contribution in [2.45, 2.75) is 31.8 Å². The number of amides is 1. The molecule has 3 heterocycles. The Labute approximate surface area is 144 Å². The van der Waals surface area contributed by atoms with Crippen LogP contribution in [0.25, 0.3) is 0 Å². The van der Waals surface area contributed by atoms with Crippen molar-refractivity contribution in [1.29, 1.82) is 0 Å². The van der Waals surface area contributed by atoms with Gasteiger partial charge in [-0.25, -0.2) is 9.37 Å². The number of thiazole rings is 1. The fourth-order valence-electron chi connectivity index (χ4n) is 3.78. The number of aryl methyl sites for hydroxylation is 1. The topological polar surface area (TPSA) is 36.4 Å². The normalized spacial score (nSPS) is 23.7. The van der Waals surface area contributed by atoms with Gasteiger partial charge in [0.1, 0.15) is 5.82 Å². The van der Waals surface area contributed by atoms with Crippen molar-refractivity contribution in [3.05, 3.63) is 51.7 Å². The lowest BCUT2D eigenvalue weighted by molar-refractivity contribution is -0.0139. The zero-order valence-corrected chi connectivity index (χ0v) is 14.5. The average Bonchev–Trinajstić information content (AvgIpc) is 3.20. The van der Waals surface area contributed by atoms with Gasteiger partial charge in [0.05, 0.1) is 10.7 Å². The Morgan fingerprint density at radius 1 is 1.29 bits per heavy atom. The number of carbonyl (C=O) groups excluding carboxylic acids is 1. The molecule has 2 fully saturated rings. The van der Waals surface area contributed by atoms with Crippen LogP contribution in [0.5, 0.6) is 0 Å². The number of rotatable bonds is 3. The zero-order chi connectivity index (χ0) is 16.7. The Kier molecular flexibility index (Phi) is 3.89. The van der Waals surface area contributed by atoms with Gasteiger partial charge in [-0.05, 0) is 44.0 Å². The van der Waals surface area contributed by atoms with Crippen LogP contribution in [0.3, 0.4) is 0 Å². The van der Waals surface area contributed by atoms with Crippen molar-refractivity contribution in [2.75, 3.05) is 19.6 Å². The molecule has 0 bridgehead atoms. The fraction of sp³-hybridized carbons (Fsp3) is 0.444. The molecule has 0 aliphatic carbocycles. The number of likely N-dealkylation sites (tertiary alicyclic amines) is 2. The van der Waals surface area contributed by atoms with Crippen molar-refractivity contribution in [3.63, 3.8) is 0 Å². The predicted octanol–water partition coefficient (Wildman–Crippen LogP) is 3.08. The third-order valence-corrected chi connectivity index (χ3v) is 6.07. The van der Waals surface area contributed by atoms with E-state index in [9.17, 15) is 9.18 Å². The summed E-state index contributed by atoms with van der Waals surface area (Å²) in [7, 11) is 0. The summed E-state index contributed by atoms with van der Waals surface area (Å²) in [5.41, 5.74) is 1.79. The summed E-state index contributed by atoms with van der Waals surface area (Å²) in [4.78, 5) is 21.6. The minimum absolute atomic E-state index is 0.00299. The Hall–Kier alpha value is -1.79. The molecule has 0 saturated carbocycles. The maximum absolute atomic E-state index is 13.0. The van der Waals surface area contributed by atoms with Crippen LogP contribution in [0.1, 0.15) is 33.9 Å². The summed E-state index contributed by atoms with van der Waals surface area (Å²) in [6, 6.07) is 5.83. The molecule has 2 aromatic rings. The van der Waals surface area contributed by atoms with E-state index in [0.717, 1.165) is 49.7 Å². The molecule has 1 amide bonds. The van der Waals surface area contributed by atoms with Gasteiger partial charge >= 0.3 is 0 Å². The fourth-order valence-corrected chi connectivity index (χ4v) is 4.38. The van der Waals surface area contributed by atoms with Gasteiger partial charge in [-0.2, -0.15) is 0 Å². The molecule has 2 saturated heterocycles. The van der Waals surface area contributed by atoms with Gasteiger partial charge in [0.2, 0.25) is 0 Å². The van der Waals surface area contributed by atoms with E-state index >= 15 is 0 Å². The molecule has 0 N–H and O–H groups in total. The molecule has 1 spiro atoms. The maximum atomic E-state index is 13.0. The van der Waals surface area contributed by atoms with Gasteiger partial charge in [0.15, 0.2) is 0 Å². The van der Waals surface area contributed by atoms with Crippen molar-refractivity contribution >= 4 is 17.2 Å². The molecule has 4 nitrogen and oxygen atoms in total. The monoisotopic (exact) mass is 345 g/mol. The van der Waals surface area contributed by atoms with Crippen LogP contribution >= 0.6 is 11.3 Å². The van der Waals surface area contributed by atoms with Gasteiger partial charge in [0, 0.05) is 42.7 Å². The van der Waals surface area contributed by atoms with Crippen LogP contribution in [-0.4, -0.2) is 45.9 Å². The molecule has 1 unspecified atom stereocenters. The SMILES string of the molecule is Cc1nc(CN2CCC23CCN(C(=O)c2ccc(F)cc2)C3)cs1. The first kappa shape index (κ1) is 15.7. The lowest BCUT2D eigenvalue weighted by Gasteiger charge is -2.50. The van der Waals surface area contributed by atoms with Crippen LogP contribution in [0, 0.1) is 12.7 Å². The average molecular weight is 345 g/mol. The minimum atomic E-state index is -0.312. The van der Waals surface area contributed by atoms with E-state index in [1.807, 2.05) is 11.8 Å². The van der Waals surface area contributed by atoms with Crippen molar-refractivity contribution in [3.8, 4) is 0 Å². The molecule has 2 aliphatic rings. The number of nitrogens with zero attached hydrogens (tertiary/aromatic N) is 3. The van der Waals surface area contributed by atoms with E-state index in [1.165, 1.54) is 12.1 Å². The second-order valence-electron chi connectivity index (χ2n) is 6.74. The minimum Gasteiger partial charge on any atom is -0.337 e.